The second-order valence-corrected chi connectivity index (χ2v) is 20.3. The molecule has 5 N–H and O–H groups in total. The molecule has 0 aliphatic heterocycles. The van der Waals surface area contributed by atoms with Gasteiger partial charge in [-0.1, -0.05) is 101 Å². The lowest BCUT2D eigenvalue weighted by molar-refractivity contribution is -0.157. The molecule has 5 aromatic carbocycles. The Kier molecular flexibility index (Phi) is 25.3. The number of azide groups is 2. The summed E-state index contributed by atoms with van der Waals surface area (Å²) in [5.74, 6) is -0.919. The summed E-state index contributed by atoms with van der Waals surface area (Å²) < 4.78 is 28.6. The third-order valence-electron chi connectivity index (χ3n) is 12.1. The number of fused-ring (bicyclic) bond motifs is 3. The highest BCUT2D eigenvalue weighted by molar-refractivity contribution is 7.99. The van der Waals surface area contributed by atoms with Crippen molar-refractivity contribution in [1.82, 2.24) is 25.2 Å². The van der Waals surface area contributed by atoms with E-state index >= 15 is 0 Å². The summed E-state index contributed by atoms with van der Waals surface area (Å²) in [5, 5.41) is 13.8. The van der Waals surface area contributed by atoms with Crippen molar-refractivity contribution in [3.8, 4) is 11.4 Å². The number of para-hydroxylation sites is 2. The summed E-state index contributed by atoms with van der Waals surface area (Å²) >= 11 is 1.20. The highest BCUT2D eigenvalue weighted by atomic mass is 32.2. The van der Waals surface area contributed by atoms with E-state index in [1.54, 1.807) is 51.1 Å². The minimum Gasteiger partial charge on any atom is -0.458 e. The SMILES string of the molecule is CC(C)(C)OC(=O)[C@H](CCc1ccccc1)NC(=O)c1ccc(N)c(CCc2ccc(OC(=O)CCOCCOCCOCCN=[N+]=[N-])cc2)c1.[N-]=[N+]=NCCCNC(=O)CSc1nc2c([nH]c3ccccc32)c(=O)n1-c1ccccc1. The lowest BCUT2D eigenvalue weighted by Crippen LogP contribution is -2.44. The van der Waals surface area contributed by atoms with Gasteiger partial charge in [0.05, 0.1) is 57.5 Å². The third-order valence-corrected chi connectivity index (χ3v) is 13.0. The molecule has 2 aromatic heterocycles. The number of nitrogens with two attached hydrogens (primary N) is 1. The molecule has 2 heterocycles. The van der Waals surface area contributed by atoms with Gasteiger partial charge in [-0.05, 0) is 129 Å². The Morgan fingerprint density at radius 2 is 1.41 bits per heavy atom. The quantitative estimate of drug-likeness (QED) is 0.00376. The Morgan fingerprint density at radius 3 is 2.12 bits per heavy atom. The van der Waals surface area contributed by atoms with Gasteiger partial charge in [0.15, 0.2) is 5.16 Å². The van der Waals surface area contributed by atoms with Crippen LogP contribution in [0.25, 0.3) is 48.5 Å². The van der Waals surface area contributed by atoms with Gasteiger partial charge in [0.25, 0.3) is 11.5 Å². The summed E-state index contributed by atoms with van der Waals surface area (Å²) in [6.45, 7) is 8.45. The molecule has 7 rings (SSSR count). The van der Waals surface area contributed by atoms with Crippen LogP contribution in [0.4, 0.5) is 5.69 Å². The van der Waals surface area contributed by atoms with Gasteiger partial charge in [-0.2, -0.15) is 0 Å². The van der Waals surface area contributed by atoms with Gasteiger partial charge in [-0.15, -0.1) is 0 Å². The first-order chi connectivity index (χ1) is 39.7. The fourth-order valence-corrected chi connectivity index (χ4v) is 8.90. The third kappa shape index (κ3) is 20.8. The highest BCUT2D eigenvalue weighted by Crippen LogP contribution is 2.27. The van der Waals surface area contributed by atoms with Crippen molar-refractivity contribution in [2.75, 3.05) is 70.8 Å². The van der Waals surface area contributed by atoms with Crippen LogP contribution in [0.1, 0.15) is 67.1 Å². The molecule has 82 heavy (non-hydrogen) atoms. The molecule has 0 spiro atoms. The molecular weight excluding hydrogens is 1070 g/mol. The normalized spacial score (nSPS) is 11.4. The number of aromatic nitrogens is 3. The number of nitrogens with one attached hydrogen (secondary N) is 3. The van der Waals surface area contributed by atoms with Gasteiger partial charge in [-0.3, -0.25) is 23.7 Å². The number of hydrogen-bond donors (Lipinski definition) is 4. The molecule has 0 fully saturated rings. The molecule has 0 saturated heterocycles. The van der Waals surface area contributed by atoms with Gasteiger partial charge in [0, 0.05) is 51.6 Å². The molecule has 430 valence electrons. The number of aryl methyl sites for hydroxylation is 3. The second-order valence-electron chi connectivity index (χ2n) is 19.4. The molecule has 0 aliphatic rings. The van der Waals surface area contributed by atoms with E-state index < -0.39 is 23.6 Å². The van der Waals surface area contributed by atoms with Gasteiger partial charge in [0.2, 0.25) is 5.91 Å². The Morgan fingerprint density at radius 1 is 0.768 bits per heavy atom. The van der Waals surface area contributed by atoms with Gasteiger partial charge in [0.1, 0.15) is 28.4 Å². The number of thioether (sulfide) groups is 1. The van der Waals surface area contributed by atoms with Crippen LogP contribution in [-0.4, -0.2) is 115 Å². The van der Waals surface area contributed by atoms with Crippen LogP contribution >= 0.6 is 11.8 Å². The first-order valence-electron chi connectivity index (χ1n) is 26.7. The fourth-order valence-electron chi connectivity index (χ4n) is 8.06. The molecule has 22 nitrogen and oxygen atoms in total. The van der Waals surface area contributed by atoms with Crippen molar-refractivity contribution in [2.24, 2.45) is 10.2 Å². The highest BCUT2D eigenvalue weighted by Gasteiger charge is 2.27. The van der Waals surface area contributed by atoms with Crippen LogP contribution in [0.3, 0.4) is 0 Å². The molecular formula is C59H68N12O10S. The number of amides is 2. The van der Waals surface area contributed by atoms with Crippen LogP contribution < -0.4 is 26.7 Å². The number of ether oxygens (including phenoxy) is 5. The van der Waals surface area contributed by atoms with E-state index in [9.17, 15) is 24.0 Å². The van der Waals surface area contributed by atoms with Crippen molar-refractivity contribution in [1.29, 1.82) is 0 Å². The molecule has 0 saturated carbocycles. The van der Waals surface area contributed by atoms with Crippen molar-refractivity contribution in [2.45, 2.75) is 76.1 Å². The van der Waals surface area contributed by atoms with E-state index in [1.807, 2.05) is 97.1 Å². The van der Waals surface area contributed by atoms with Crippen molar-refractivity contribution >= 4 is 63.1 Å². The number of benzene rings is 5. The van der Waals surface area contributed by atoms with E-state index in [0.29, 0.717) is 117 Å². The fraction of sp³-hybridized carbons (Fsp3) is 0.356. The van der Waals surface area contributed by atoms with E-state index in [1.165, 1.54) is 16.3 Å². The number of H-pyrrole nitrogens is 1. The Hall–Kier alpha value is -8.69. The zero-order valence-corrected chi connectivity index (χ0v) is 47.0. The van der Waals surface area contributed by atoms with E-state index in [4.69, 9.17) is 45.5 Å². The van der Waals surface area contributed by atoms with Gasteiger partial charge in [-0.25, -0.2) is 9.78 Å². The van der Waals surface area contributed by atoms with E-state index in [0.717, 1.165) is 27.6 Å². The molecule has 2 amide bonds. The lowest BCUT2D eigenvalue weighted by Gasteiger charge is -2.25. The first-order valence-corrected chi connectivity index (χ1v) is 27.7. The van der Waals surface area contributed by atoms with Crippen LogP contribution in [-0.2, 0) is 52.6 Å². The zero-order chi connectivity index (χ0) is 58.5. The molecule has 23 heteroatoms. The second kappa shape index (κ2) is 33.2. The van der Waals surface area contributed by atoms with Crippen LogP contribution in [0.15, 0.2) is 148 Å². The summed E-state index contributed by atoms with van der Waals surface area (Å²) in [7, 11) is 0. The number of aromatic amines is 1. The largest absolute Gasteiger partial charge is 0.458 e. The number of anilines is 1. The van der Waals surface area contributed by atoms with Crippen LogP contribution in [0, 0.1) is 0 Å². The topological polar surface area (TPSA) is 313 Å². The van der Waals surface area contributed by atoms with E-state index in [-0.39, 0.29) is 42.7 Å². The number of carbonyl (C=O) groups is 4. The number of esters is 2. The summed E-state index contributed by atoms with van der Waals surface area (Å²) in [6.07, 6.45) is 2.86. The zero-order valence-electron chi connectivity index (χ0n) is 46.2. The number of carbonyl (C=O) groups excluding carboxylic acids is 4. The molecule has 0 unspecified atom stereocenters. The van der Waals surface area contributed by atoms with Crippen molar-refractivity contribution in [3.63, 3.8) is 0 Å². The predicted octanol–water partition coefficient (Wildman–Crippen LogP) is 9.56. The average Bonchev–Trinajstić information content (AvgIpc) is 2.90. The number of nitrogens with zero attached hydrogens (tertiary/aromatic N) is 8. The number of rotatable bonds is 30. The molecule has 1 atom stereocenters. The summed E-state index contributed by atoms with van der Waals surface area (Å²) in [5.41, 5.74) is 28.2. The maximum Gasteiger partial charge on any atom is 0.329 e. The first kappa shape index (κ1) is 62.5. The summed E-state index contributed by atoms with van der Waals surface area (Å²) in [4.78, 5) is 77.5. The maximum absolute atomic E-state index is 13.4. The minimum atomic E-state index is -0.821. The molecule has 0 radical (unpaired) electrons. The predicted molar refractivity (Wildman–Crippen MR) is 315 cm³/mol. The minimum absolute atomic E-state index is 0.0962. The number of nitrogen functional groups attached to an aromatic ring is 1. The average molecular weight is 1140 g/mol. The monoisotopic (exact) mass is 1140 g/mol. The molecule has 0 bridgehead atoms. The van der Waals surface area contributed by atoms with Crippen molar-refractivity contribution < 1.29 is 42.9 Å². The van der Waals surface area contributed by atoms with Crippen LogP contribution in [0.2, 0.25) is 0 Å². The van der Waals surface area contributed by atoms with E-state index in [2.05, 4.69) is 35.7 Å². The smallest absolute Gasteiger partial charge is 0.329 e. The maximum atomic E-state index is 13.4. The standard InChI is InChI=1S/C38H49N5O8.C21H19N7O2S/c1-38(2,3)51-37(46)34(18-12-28-7-5-4-6-8-28)42-36(45)31-14-17-33(39)30(27-31)13-9-29-10-15-32(16-11-29)50-35(44)19-21-47-23-25-49-26-24-48-22-20-41-43-40;22-27-24-12-6-11-23-17(29)13-31-21-26-18-15-9-4-5-10-16(15)25-19(18)20(30)28(21)14-7-2-1-3-8-14/h4-8,10-11,14-17,27,34H,9,12-13,18-26,39H2,1-3H3,(H,42,45);1-5,7-10,25H,6,11-13H2,(H,23,29)/t34-;/m0./s1. The Balaban J connectivity index is 0.000000295. The lowest BCUT2D eigenvalue weighted by atomic mass is 10.00. The van der Waals surface area contributed by atoms with Gasteiger partial charge >= 0.3 is 11.9 Å². The Labute approximate surface area is 478 Å². The van der Waals surface area contributed by atoms with Gasteiger partial charge < -0.3 is 45.0 Å². The summed E-state index contributed by atoms with van der Waals surface area (Å²) in [6, 6.07) is 38.1. The Bertz CT molecular complexity index is 3360. The molecule has 0 aliphatic carbocycles. The number of hydrogen-bond acceptors (Lipinski definition) is 15. The van der Waals surface area contributed by atoms with Crippen molar-refractivity contribution in [3.05, 3.63) is 181 Å². The van der Waals surface area contributed by atoms with Crippen LogP contribution in [0.5, 0.6) is 5.75 Å². The molecule has 7 aromatic rings.